The minimum absolute atomic E-state index is 0.164. The van der Waals surface area contributed by atoms with E-state index in [0.29, 0.717) is 17.0 Å². The van der Waals surface area contributed by atoms with Gasteiger partial charge < -0.3 is 5.32 Å². The lowest BCUT2D eigenvalue weighted by molar-refractivity contribution is -0.143. The third-order valence-electron chi connectivity index (χ3n) is 7.86. The van der Waals surface area contributed by atoms with Crippen molar-refractivity contribution in [2.24, 2.45) is 17.3 Å². The molecular formula is C26H27N3OS. The molecule has 4 bridgehead atoms. The fourth-order valence-electron chi connectivity index (χ4n) is 6.97. The Bertz CT molecular complexity index is 1110. The number of aryl methyl sites for hydroxylation is 1. The number of hydrogen-bond donors (Lipinski definition) is 1. The van der Waals surface area contributed by atoms with Gasteiger partial charge in [-0.15, -0.1) is 11.3 Å². The third-order valence-corrected chi connectivity index (χ3v) is 8.62. The van der Waals surface area contributed by atoms with Gasteiger partial charge in [-0.2, -0.15) is 0 Å². The number of rotatable bonds is 4. The van der Waals surface area contributed by atoms with Crippen molar-refractivity contribution in [3.8, 4) is 11.4 Å². The SMILES string of the molecule is Cc1ccc(C23CC4CC(CC(C(=O)Nc5nc(-c6ccccn6)cs5)(C4)C2)C3)cc1. The van der Waals surface area contributed by atoms with Crippen molar-refractivity contribution in [3.05, 3.63) is 65.2 Å². The normalized spacial score (nSPS) is 31.0. The van der Waals surface area contributed by atoms with Crippen molar-refractivity contribution in [2.75, 3.05) is 5.32 Å². The van der Waals surface area contributed by atoms with Crippen LogP contribution in [-0.2, 0) is 10.2 Å². The Balaban J connectivity index is 1.28. The quantitative estimate of drug-likeness (QED) is 0.554. The summed E-state index contributed by atoms with van der Waals surface area (Å²) < 4.78 is 0. The standard InChI is InChI=1S/C26H27N3OS/c1-17-5-7-20(8-6-17)25-11-18-10-19(12-25)14-26(13-18,16-25)23(30)29-24-28-22(15-31-24)21-4-2-3-9-27-21/h2-9,15,18-19H,10-14,16H2,1H3,(H,28,29,30). The molecule has 2 atom stereocenters. The van der Waals surface area contributed by atoms with Gasteiger partial charge in [0, 0.05) is 11.6 Å². The third kappa shape index (κ3) is 3.21. The van der Waals surface area contributed by atoms with Crippen LogP contribution >= 0.6 is 11.3 Å². The largest absolute Gasteiger partial charge is 0.301 e. The first-order chi connectivity index (χ1) is 15.0. The summed E-state index contributed by atoms with van der Waals surface area (Å²) in [6, 6.07) is 14.9. The number of nitrogens with one attached hydrogen (secondary N) is 1. The zero-order valence-electron chi connectivity index (χ0n) is 17.8. The molecule has 4 aliphatic rings. The number of hydrogen-bond acceptors (Lipinski definition) is 4. The molecule has 4 aliphatic carbocycles. The van der Waals surface area contributed by atoms with Gasteiger partial charge >= 0.3 is 0 Å². The second kappa shape index (κ2) is 6.99. The molecule has 4 saturated carbocycles. The van der Waals surface area contributed by atoms with Gasteiger partial charge in [0.25, 0.3) is 0 Å². The lowest BCUT2D eigenvalue weighted by atomic mass is 9.42. The smallest absolute Gasteiger partial charge is 0.232 e. The highest BCUT2D eigenvalue weighted by Gasteiger charge is 2.61. The van der Waals surface area contributed by atoms with E-state index in [1.54, 1.807) is 6.20 Å². The fraction of sp³-hybridized carbons (Fsp3) is 0.423. The maximum atomic E-state index is 13.7. The minimum atomic E-state index is -0.258. The van der Waals surface area contributed by atoms with Crippen molar-refractivity contribution in [1.82, 2.24) is 9.97 Å². The van der Waals surface area contributed by atoms with Gasteiger partial charge in [0.05, 0.1) is 11.1 Å². The van der Waals surface area contributed by atoms with Crippen molar-refractivity contribution in [2.45, 2.75) is 50.9 Å². The summed E-state index contributed by atoms with van der Waals surface area (Å²) in [7, 11) is 0. The highest BCUT2D eigenvalue weighted by Crippen LogP contribution is 2.66. The molecule has 1 N–H and O–H groups in total. The molecule has 31 heavy (non-hydrogen) atoms. The molecule has 5 heteroatoms. The summed E-state index contributed by atoms with van der Waals surface area (Å²) in [6.07, 6.45) is 8.57. The predicted octanol–water partition coefficient (Wildman–Crippen LogP) is 5.99. The summed E-state index contributed by atoms with van der Waals surface area (Å²) in [5.74, 6) is 1.50. The molecule has 3 aromatic rings. The molecule has 2 aromatic heterocycles. The molecule has 1 amide bonds. The van der Waals surface area contributed by atoms with E-state index in [1.165, 1.54) is 41.7 Å². The number of anilines is 1. The summed E-state index contributed by atoms with van der Waals surface area (Å²) in [4.78, 5) is 22.7. The van der Waals surface area contributed by atoms with Gasteiger partial charge in [-0.1, -0.05) is 35.9 Å². The van der Waals surface area contributed by atoms with Crippen LogP contribution in [0.5, 0.6) is 0 Å². The Hall–Kier alpha value is -2.53. The molecule has 4 fully saturated rings. The van der Waals surface area contributed by atoms with Crippen LogP contribution in [0.4, 0.5) is 5.13 Å². The van der Waals surface area contributed by atoms with Crippen molar-refractivity contribution in [3.63, 3.8) is 0 Å². The molecule has 4 nitrogen and oxygen atoms in total. The van der Waals surface area contributed by atoms with Crippen LogP contribution in [0.3, 0.4) is 0 Å². The Morgan fingerprint density at radius 2 is 1.81 bits per heavy atom. The first kappa shape index (κ1) is 19.2. The van der Waals surface area contributed by atoms with Gasteiger partial charge in [-0.25, -0.2) is 4.98 Å². The lowest BCUT2D eigenvalue weighted by Gasteiger charge is -2.61. The molecule has 7 rings (SSSR count). The first-order valence-corrected chi connectivity index (χ1v) is 12.2. The maximum Gasteiger partial charge on any atom is 0.232 e. The van der Waals surface area contributed by atoms with E-state index in [9.17, 15) is 4.79 Å². The zero-order chi connectivity index (χ0) is 21.1. The Morgan fingerprint density at radius 3 is 2.52 bits per heavy atom. The number of aromatic nitrogens is 2. The van der Waals surface area contributed by atoms with Crippen molar-refractivity contribution >= 4 is 22.4 Å². The molecule has 0 radical (unpaired) electrons. The number of nitrogens with zero attached hydrogens (tertiary/aromatic N) is 2. The molecule has 2 unspecified atom stereocenters. The van der Waals surface area contributed by atoms with E-state index in [0.717, 1.165) is 30.7 Å². The van der Waals surface area contributed by atoms with Gasteiger partial charge in [0.1, 0.15) is 5.69 Å². The molecule has 2 heterocycles. The van der Waals surface area contributed by atoms with E-state index in [4.69, 9.17) is 0 Å². The molecule has 0 saturated heterocycles. The van der Waals surface area contributed by atoms with Crippen LogP contribution in [0.15, 0.2) is 54.0 Å². The number of carbonyl (C=O) groups excluding carboxylic acids is 1. The second-order valence-corrected chi connectivity index (χ2v) is 11.0. The van der Waals surface area contributed by atoms with E-state index in [1.807, 2.05) is 23.6 Å². The van der Waals surface area contributed by atoms with Gasteiger partial charge in [0.2, 0.25) is 5.91 Å². The highest BCUT2D eigenvalue weighted by molar-refractivity contribution is 7.14. The van der Waals surface area contributed by atoms with E-state index in [2.05, 4.69) is 46.5 Å². The zero-order valence-corrected chi connectivity index (χ0v) is 18.6. The van der Waals surface area contributed by atoms with Crippen LogP contribution in [0, 0.1) is 24.2 Å². The number of benzene rings is 1. The summed E-state index contributed by atoms with van der Waals surface area (Å²) >= 11 is 1.49. The van der Waals surface area contributed by atoms with Crippen LogP contribution in [0.2, 0.25) is 0 Å². The number of carbonyl (C=O) groups is 1. The van der Waals surface area contributed by atoms with Gasteiger partial charge in [-0.05, 0) is 80.4 Å². The van der Waals surface area contributed by atoms with E-state index >= 15 is 0 Å². The van der Waals surface area contributed by atoms with Crippen LogP contribution in [0.1, 0.15) is 49.7 Å². The monoisotopic (exact) mass is 429 g/mol. The Labute approximate surface area is 187 Å². The second-order valence-electron chi connectivity index (χ2n) is 10.1. The molecule has 158 valence electrons. The van der Waals surface area contributed by atoms with E-state index < -0.39 is 0 Å². The van der Waals surface area contributed by atoms with Crippen LogP contribution in [0.25, 0.3) is 11.4 Å². The summed E-state index contributed by atoms with van der Waals surface area (Å²) in [6.45, 7) is 2.14. The first-order valence-electron chi connectivity index (χ1n) is 11.3. The lowest BCUT2D eigenvalue weighted by Crippen LogP contribution is -2.57. The van der Waals surface area contributed by atoms with E-state index in [-0.39, 0.29) is 16.7 Å². The minimum Gasteiger partial charge on any atom is -0.301 e. The Morgan fingerprint density at radius 1 is 1.03 bits per heavy atom. The van der Waals surface area contributed by atoms with Gasteiger partial charge in [-0.3, -0.25) is 9.78 Å². The molecule has 0 aliphatic heterocycles. The van der Waals surface area contributed by atoms with Gasteiger partial charge in [0.15, 0.2) is 5.13 Å². The molecule has 1 aromatic carbocycles. The Kier molecular flexibility index (Phi) is 4.32. The average Bonchev–Trinajstić information content (AvgIpc) is 3.22. The maximum absolute atomic E-state index is 13.7. The number of thiazole rings is 1. The van der Waals surface area contributed by atoms with Crippen molar-refractivity contribution in [1.29, 1.82) is 0 Å². The number of pyridine rings is 1. The van der Waals surface area contributed by atoms with Crippen LogP contribution < -0.4 is 5.32 Å². The average molecular weight is 430 g/mol. The summed E-state index contributed by atoms with van der Waals surface area (Å²) in [5.41, 5.74) is 4.31. The number of amides is 1. The topological polar surface area (TPSA) is 54.9 Å². The summed E-state index contributed by atoms with van der Waals surface area (Å²) in [5, 5.41) is 5.87. The predicted molar refractivity (Wildman–Crippen MR) is 124 cm³/mol. The highest BCUT2D eigenvalue weighted by atomic mass is 32.1. The van der Waals surface area contributed by atoms with Crippen LogP contribution in [-0.4, -0.2) is 15.9 Å². The molecular weight excluding hydrogens is 402 g/mol. The van der Waals surface area contributed by atoms with Crippen molar-refractivity contribution < 1.29 is 4.79 Å². The fourth-order valence-corrected chi connectivity index (χ4v) is 7.67. The molecule has 0 spiro atoms.